The molecule has 2 rings (SSSR count). The Morgan fingerprint density at radius 3 is 2.33 bits per heavy atom. The average molecular weight is 444 g/mol. The fraction of sp³-hybridized carbons (Fsp3) is 0.176. The first-order valence-electron chi connectivity index (χ1n) is 7.13. The molecular weight excluding hydrogens is 429 g/mol. The Morgan fingerprint density at radius 1 is 1.12 bits per heavy atom. The first kappa shape index (κ1) is 18.3. The summed E-state index contributed by atoms with van der Waals surface area (Å²) in [6, 6.07) is 9.79. The maximum Gasteiger partial charge on any atom is 0.240 e. The molecule has 0 fully saturated rings. The molecule has 0 aliphatic rings. The average Bonchev–Trinajstić information content (AvgIpc) is 2.50. The van der Waals surface area contributed by atoms with Gasteiger partial charge in [-0.25, -0.2) is 8.78 Å². The van der Waals surface area contributed by atoms with E-state index in [0.717, 1.165) is 21.3 Å². The molecule has 2 amide bonds. The van der Waals surface area contributed by atoms with Crippen LogP contribution in [0, 0.1) is 15.2 Å². The molecule has 0 saturated heterocycles. The van der Waals surface area contributed by atoms with Crippen molar-refractivity contribution in [2.75, 3.05) is 0 Å². The van der Waals surface area contributed by atoms with E-state index in [9.17, 15) is 18.4 Å². The molecule has 0 radical (unpaired) electrons. The summed E-state index contributed by atoms with van der Waals surface area (Å²) in [5.74, 6) is -3.00. The van der Waals surface area contributed by atoms with E-state index < -0.39 is 35.9 Å². The van der Waals surface area contributed by atoms with Gasteiger partial charge in [0.2, 0.25) is 11.8 Å². The first-order valence-corrected chi connectivity index (χ1v) is 8.20. The highest BCUT2D eigenvalue weighted by Gasteiger charge is 2.20. The molecule has 0 aliphatic heterocycles. The number of amides is 2. The number of halogens is 3. The van der Waals surface area contributed by atoms with Gasteiger partial charge in [-0.15, -0.1) is 0 Å². The molecule has 0 spiro atoms. The second kappa shape index (κ2) is 8.18. The minimum atomic E-state index is -0.953. The van der Waals surface area contributed by atoms with Crippen LogP contribution in [0.15, 0.2) is 42.5 Å². The third-order valence-corrected chi connectivity index (χ3v) is 4.08. The van der Waals surface area contributed by atoms with Crippen molar-refractivity contribution in [1.82, 2.24) is 5.32 Å². The number of nitrogens with one attached hydrogen (secondary N) is 1. The van der Waals surface area contributed by atoms with Gasteiger partial charge in [0.1, 0.15) is 17.7 Å². The number of hydrogen-bond donors (Lipinski definition) is 2. The van der Waals surface area contributed by atoms with Crippen LogP contribution >= 0.6 is 22.6 Å². The summed E-state index contributed by atoms with van der Waals surface area (Å²) in [7, 11) is 0. The van der Waals surface area contributed by atoms with Crippen LogP contribution in [-0.4, -0.2) is 17.9 Å². The standard InChI is InChI=1S/C17H15F2IN2O2/c18-13-5-2-6-14(19)12(13)9-16(23)22-15(17(21)24)8-10-3-1-4-11(20)7-10/h1-7,15H,8-9H2,(H2,21,24)(H,22,23)/t15-/m1/s1. The van der Waals surface area contributed by atoms with E-state index in [2.05, 4.69) is 27.9 Å². The lowest BCUT2D eigenvalue weighted by Crippen LogP contribution is -2.46. The van der Waals surface area contributed by atoms with Crippen LogP contribution in [0.3, 0.4) is 0 Å². The van der Waals surface area contributed by atoms with Gasteiger partial charge in [0.25, 0.3) is 0 Å². The Kier molecular flexibility index (Phi) is 6.24. The number of carbonyl (C=O) groups is 2. The van der Waals surface area contributed by atoms with Crippen molar-refractivity contribution in [3.8, 4) is 0 Å². The van der Waals surface area contributed by atoms with Crippen LogP contribution in [0.25, 0.3) is 0 Å². The van der Waals surface area contributed by atoms with Gasteiger partial charge in [-0.3, -0.25) is 9.59 Å². The molecule has 0 saturated carbocycles. The van der Waals surface area contributed by atoms with E-state index in [-0.39, 0.29) is 12.0 Å². The summed E-state index contributed by atoms with van der Waals surface area (Å²) in [4.78, 5) is 23.6. The highest BCUT2D eigenvalue weighted by atomic mass is 127. The maximum atomic E-state index is 13.6. The fourth-order valence-corrected chi connectivity index (χ4v) is 2.84. The molecule has 1 atom stereocenters. The summed E-state index contributed by atoms with van der Waals surface area (Å²) in [5, 5.41) is 2.44. The quantitative estimate of drug-likeness (QED) is 0.672. The molecule has 2 aromatic rings. The van der Waals surface area contributed by atoms with Crippen molar-refractivity contribution in [2.45, 2.75) is 18.9 Å². The lowest BCUT2D eigenvalue weighted by atomic mass is 10.0. The monoisotopic (exact) mass is 444 g/mol. The number of primary amides is 1. The number of rotatable bonds is 6. The number of benzene rings is 2. The zero-order chi connectivity index (χ0) is 17.7. The smallest absolute Gasteiger partial charge is 0.240 e. The molecule has 2 aromatic carbocycles. The summed E-state index contributed by atoms with van der Waals surface area (Å²) in [5.41, 5.74) is 5.80. The largest absolute Gasteiger partial charge is 0.368 e. The molecule has 0 bridgehead atoms. The Bertz CT molecular complexity index is 748. The normalized spacial score (nSPS) is 11.8. The minimum absolute atomic E-state index is 0.206. The number of hydrogen-bond acceptors (Lipinski definition) is 2. The van der Waals surface area contributed by atoms with Gasteiger partial charge in [0, 0.05) is 15.6 Å². The predicted octanol–water partition coefficient (Wildman–Crippen LogP) is 2.32. The molecule has 0 heterocycles. The molecule has 7 heteroatoms. The third-order valence-electron chi connectivity index (χ3n) is 3.41. The fourth-order valence-electron chi connectivity index (χ4n) is 2.23. The molecule has 0 aromatic heterocycles. The van der Waals surface area contributed by atoms with Gasteiger partial charge < -0.3 is 11.1 Å². The Morgan fingerprint density at radius 2 is 1.75 bits per heavy atom. The van der Waals surface area contributed by atoms with Gasteiger partial charge >= 0.3 is 0 Å². The van der Waals surface area contributed by atoms with Crippen molar-refractivity contribution in [1.29, 1.82) is 0 Å². The van der Waals surface area contributed by atoms with E-state index in [4.69, 9.17) is 5.73 Å². The van der Waals surface area contributed by atoms with E-state index in [0.29, 0.717) is 0 Å². The summed E-state index contributed by atoms with van der Waals surface area (Å²) in [6.07, 6.45) is -0.299. The number of nitrogens with two attached hydrogens (primary N) is 1. The first-order chi connectivity index (χ1) is 11.4. The van der Waals surface area contributed by atoms with Crippen molar-refractivity contribution < 1.29 is 18.4 Å². The van der Waals surface area contributed by atoms with E-state index >= 15 is 0 Å². The van der Waals surface area contributed by atoms with E-state index in [1.807, 2.05) is 18.2 Å². The van der Waals surface area contributed by atoms with Crippen molar-refractivity contribution in [3.05, 3.63) is 68.8 Å². The Hall–Kier alpha value is -2.03. The molecule has 24 heavy (non-hydrogen) atoms. The zero-order valence-corrected chi connectivity index (χ0v) is 14.7. The Labute approximate surface area is 151 Å². The Balaban J connectivity index is 2.07. The van der Waals surface area contributed by atoms with Crippen LogP contribution in [0.1, 0.15) is 11.1 Å². The van der Waals surface area contributed by atoms with Crippen molar-refractivity contribution in [3.63, 3.8) is 0 Å². The van der Waals surface area contributed by atoms with Crippen LogP contribution in [-0.2, 0) is 22.4 Å². The van der Waals surface area contributed by atoms with E-state index in [1.165, 1.54) is 6.07 Å². The second-order valence-electron chi connectivity index (χ2n) is 5.23. The molecule has 0 aliphatic carbocycles. The third kappa shape index (κ3) is 4.98. The van der Waals surface area contributed by atoms with Gasteiger partial charge in [0.15, 0.2) is 0 Å². The molecule has 3 N–H and O–H groups in total. The summed E-state index contributed by atoms with van der Waals surface area (Å²) >= 11 is 2.13. The maximum absolute atomic E-state index is 13.6. The van der Waals surface area contributed by atoms with Gasteiger partial charge in [0.05, 0.1) is 6.42 Å². The van der Waals surface area contributed by atoms with Crippen molar-refractivity contribution >= 4 is 34.4 Å². The predicted molar refractivity (Wildman–Crippen MR) is 94.1 cm³/mol. The lowest BCUT2D eigenvalue weighted by molar-refractivity contribution is -0.127. The highest BCUT2D eigenvalue weighted by Crippen LogP contribution is 2.13. The minimum Gasteiger partial charge on any atom is -0.368 e. The molecule has 4 nitrogen and oxygen atoms in total. The molecule has 0 unspecified atom stereocenters. The summed E-state index contributed by atoms with van der Waals surface area (Å²) in [6.45, 7) is 0. The lowest BCUT2D eigenvalue weighted by Gasteiger charge is -2.16. The molecular formula is C17H15F2IN2O2. The van der Waals surface area contributed by atoms with Crippen LogP contribution in [0.2, 0.25) is 0 Å². The summed E-state index contributed by atoms with van der Waals surface area (Å²) < 4.78 is 28.2. The highest BCUT2D eigenvalue weighted by molar-refractivity contribution is 14.1. The topological polar surface area (TPSA) is 72.2 Å². The SMILES string of the molecule is NC(=O)[C@@H](Cc1cccc(I)c1)NC(=O)Cc1c(F)cccc1F. The number of carbonyl (C=O) groups excluding carboxylic acids is 2. The van der Waals surface area contributed by atoms with Crippen LogP contribution in [0.5, 0.6) is 0 Å². The van der Waals surface area contributed by atoms with Gasteiger partial charge in [-0.2, -0.15) is 0 Å². The van der Waals surface area contributed by atoms with Gasteiger partial charge in [-0.05, 0) is 52.4 Å². The van der Waals surface area contributed by atoms with E-state index in [1.54, 1.807) is 6.07 Å². The van der Waals surface area contributed by atoms with Crippen LogP contribution in [0.4, 0.5) is 8.78 Å². The van der Waals surface area contributed by atoms with Gasteiger partial charge in [-0.1, -0.05) is 18.2 Å². The molecule has 126 valence electrons. The zero-order valence-electron chi connectivity index (χ0n) is 12.6. The van der Waals surface area contributed by atoms with Crippen molar-refractivity contribution in [2.24, 2.45) is 5.73 Å². The van der Waals surface area contributed by atoms with Crippen LogP contribution < -0.4 is 11.1 Å². The second-order valence-corrected chi connectivity index (χ2v) is 6.48.